The molecule has 0 unspecified atom stereocenters. The predicted molar refractivity (Wildman–Crippen MR) is 130 cm³/mol. The molecule has 5 aromatic rings. The minimum absolute atomic E-state index is 0.258. The van der Waals surface area contributed by atoms with E-state index in [0.717, 1.165) is 73.7 Å². The molecule has 0 atom stereocenters. The molecule has 0 saturated carbocycles. The number of benzene rings is 3. The van der Waals surface area contributed by atoms with Crippen LogP contribution in [0.5, 0.6) is 11.5 Å². The Morgan fingerprint density at radius 3 is 2.64 bits per heavy atom. The number of rotatable bonds is 5. The zero-order valence-electron chi connectivity index (χ0n) is 17.8. The number of ether oxygens (including phenoxy) is 2. The van der Waals surface area contributed by atoms with Gasteiger partial charge in [-0.3, -0.25) is 9.55 Å². The van der Waals surface area contributed by atoms with Crippen molar-refractivity contribution in [2.45, 2.75) is 12.8 Å². The molecule has 0 bridgehead atoms. The molecule has 2 N–H and O–H groups in total. The van der Waals surface area contributed by atoms with E-state index in [1.54, 1.807) is 0 Å². The molecule has 0 aliphatic carbocycles. The van der Waals surface area contributed by atoms with Crippen LogP contribution in [0.25, 0.3) is 38.8 Å². The van der Waals surface area contributed by atoms with E-state index in [1.165, 1.54) is 0 Å². The molecule has 2 aromatic heterocycles. The monoisotopic (exact) mass is 456 g/mol. The normalized spacial score (nSPS) is 12.7. The van der Waals surface area contributed by atoms with Crippen molar-refractivity contribution in [3.8, 4) is 28.3 Å². The molecule has 0 saturated heterocycles. The third-order valence-corrected chi connectivity index (χ3v) is 6.40. The lowest BCUT2D eigenvalue weighted by atomic mass is 10.0. The third kappa shape index (κ3) is 3.48. The number of aryl methyl sites for hydroxylation is 1. The van der Waals surface area contributed by atoms with Crippen LogP contribution >= 0.6 is 11.6 Å². The molecular weight excluding hydrogens is 436 g/mol. The van der Waals surface area contributed by atoms with Gasteiger partial charge in [-0.05, 0) is 72.5 Å². The maximum Gasteiger partial charge on any atom is 0.231 e. The van der Waals surface area contributed by atoms with Gasteiger partial charge in [-0.1, -0.05) is 29.8 Å². The van der Waals surface area contributed by atoms with Crippen molar-refractivity contribution >= 4 is 33.5 Å². The molecule has 164 valence electrons. The van der Waals surface area contributed by atoms with Crippen molar-refractivity contribution in [2.75, 3.05) is 13.3 Å². The second-order valence-electron chi connectivity index (χ2n) is 8.07. The van der Waals surface area contributed by atoms with Gasteiger partial charge < -0.3 is 15.2 Å². The summed E-state index contributed by atoms with van der Waals surface area (Å²) in [6.45, 7) is 0.905. The fraction of sp³-hybridized carbons (Fsp3) is 0.154. The van der Waals surface area contributed by atoms with Crippen LogP contribution in [0, 0.1) is 0 Å². The van der Waals surface area contributed by atoms with Crippen LogP contribution in [-0.4, -0.2) is 27.9 Å². The molecule has 33 heavy (non-hydrogen) atoms. The minimum Gasteiger partial charge on any atom is -0.454 e. The third-order valence-electron chi connectivity index (χ3n) is 6.04. The van der Waals surface area contributed by atoms with Crippen LogP contribution < -0.4 is 15.2 Å². The van der Waals surface area contributed by atoms with Gasteiger partial charge in [0.25, 0.3) is 0 Å². The fourth-order valence-corrected chi connectivity index (χ4v) is 4.60. The number of pyridine rings is 1. The highest BCUT2D eigenvalue weighted by Crippen LogP contribution is 2.37. The van der Waals surface area contributed by atoms with E-state index in [2.05, 4.69) is 38.8 Å². The molecule has 0 spiro atoms. The summed E-state index contributed by atoms with van der Waals surface area (Å²) in [6.07, 6.45) is 5.41. The topological polar surface area (TPSA) is 75.2 Å². The summed E-state index contributed by atoms with van der Waals surface area (Å²) in [5.41, 5.74) is 12.6. The van der Waals surface area contributed by atoms with Crippen LogP contribution in [-0.2, 0) is 6.42 Å². The molecule has 0 radical (unpaired) electrons. The average Bonchev–Trinajstić information content (AvgIpc) is 3.49. The number of halogens is 1. The first-order valence-electron chi connectivity index (χ1n) is 10.9. The molecule has 6 nitrogen and oxygen atoms in total. The first-order chi connectivity index (χ1) is 16.2. The van der Waals surface area contributed by atoms with Crippen LogP contribution in [0.1, 0.15) is 12.0 Å². The summed E-state index contributed by atoms with van der Waals surface area (Å²) in [6, 6.07) is 18.4. The van der Waals surface area contributed by atoms with E-state index in [0.29, 0.717) is 6.54 Å². The second kappa shape index (κ2) is 8.06. The Kier molecular flexibility index (Phi) is 4.89. The lowest BCUT2D eigenvalue weighted by Crippen LogP contribution is -2.01. The quantitative estimate of drug-likeness (QED) is 0.377. The van der Waals surface area contributed by atoms with Crippen molar-refractivity contribution < 1.29 is 9.47 Å². The maximum atomic E-state index is 6.59. The van der Waals surface area contributed by atoms with Gasteiger partial charge in [-0.15, -0.1) is 0 Å². The lowest BCUT2D eigenvalue weighted by molar-refractivity contribution is 0.174. The van der Waals surface area contributed by atoms with Gasteiger partial charge in [0.1, 0.15) is 11.8 Å². The van der Waals surface area contributed by atoms with Gasteiger partial charge in [0.15, 0.2) is 11.5 Å². The summed E-state index contributed by atoms with van der Waals surface area (Å²) < 4.78 is 13.1. The Labute approximate surface area is 195 Å². The fourth-order valence-electron chi connectivity index (χ4n) is 4.33. The SMILES string of the molecule is NCCCc1ccc(-n2cnc3cnc4ccc(-c5ccc6c(c5)OCO6)cc4c32)cc1Cl. The number of nitrogens with zero attached hydrogens (tertiary/aromatic N) is 3. The highest BCUT2D eigenvalue weighted by atomic mass is 35.5. The summed E-state index contributed by atoms with van der Waals surface area (Å²) in [7, 11) is 0. The highest BCUT2D eigenvalue weighted by Gasteiger charge is 2.16. The lowest BCUT2D eigenvalue weighted by Gasteiger charge is -2.11. The van der Waals surface area contributed by atoms with Crippen LogP contribution in [0.2, 0.25) is 5.02 Å². The molecular formula is C26H21ClN4O2. The van der Waals surface area contributed by atoms with Crippen LogP contribution in [0.4, 0.5) is 0 Å². The van der Waals surface area contributed by atoms with E-state index >= 15 is 0 Å². The van der Waals surface area contributed by atoms with Gasteiger partial charge >= 0.3 is 0 Å². The zero-order chi connectivity index (χ0) is 22.4. The van der Waals surface area contributed by atoms with E-state index < -0.39 is 0 Å². The summed E-state index contributed by atoms with van der Waals surface area (Å²) in [5, 5.41) is 1.76. The molecule has 0 fully saturated rings. The Morgan fingerprint density at radius 1 is 0.909 bits per heavy atom. The van der Waals surface area contributed by atoms with Crippen molar-refractivity contribution in [3.05, 3.63) is 77.7 Å². The van der Waals surface area contributed by atoms with Crippen LogP contribution in [0.15, 0.2) is 67.1 Å². The first-order valence-corrected chi connectivity index (χ1v) is 11.2. The van der Waals surface area contributed by atoms with E-state index in [1.807, 2.05) is 42.9 Å². The summed E-state index contributed by atoms with van der Waals surface area (Å²) >= 11 is 6.59. The van der Waals surface area contributed by atoms with E-state index in [9.17, 15) is 0 Å². The van der Waals surface area contributed by atoms with Crippen molar-refractivity contribution in [1.29, 1.82) is 0 Å². The Balaban J connectivity index is 1.49. The second-order valence-corrected chi connectivity index (χ2v) is 8.48. The molecule has 6 rings (SSSR count). The molecule has 7 heteroatoms. The summed E-state index contributed by atoms with van der Waals surface area (Å²) in [4.78, 5) is 9.22. The summed E-state index contributed by atoms with van der Waals surface area (Å²) in [5.74, 6) is 1.53. The van der Waals surface area contributed by atoms with Gasteiger partial charge in [-0.25, -0.2) is 4.98 Å². The smallest absolute Gasteiger partial charge is 0.231 e. The van der Waals surface area contributed by atoms with Gasteiger partial charge in [-0.2, -0.15) is 0 Å². The first kappa shape index (κ1) is 20.0. The number of aromatic nitrogens is 3. The van der Waals surface area contributed by atoms with Crippen molar-refractivity contribution in [2.24, 2.45) is 5.73 Å². The predicted octanol–water partition coefficient (Wildman–Crippen LogP) is 5.51. The maximum absolute atomic E-state index is 6.59. The highest BCUT2D eigenvalue weighted by molar-refractivity contribution is 6.31. The Morgan fingerprint density at radius 2 is 1.76 bits per heavy atom. The van der Waals surface area contributed by atoms with Crippen LogP contribution in [0.3, 0.4) is 0 Å². The number of fused-ring (bicyclic) bond motifs is 4. The average molecular weight is 457 g/mol. The number of hydrogen-bond acceptors (Lipinski definition) is 5. The minimum atomic E-state index is 0.258. The Bertz CT molecular complexity index is 1510. The molecule has 3 heterocycles. The van der Waals surface area contributed by atoms with Gasteiger partial charge in [0.05, 0.1) is 17.2 Å². The molecule has 1 aliphatic rings. The van der Waals surface area contributed by atoms with E-state index in [4.69, 9.17) is 26.8 Å². The molecule has 1 aliphatic heterocycles. The molecule has 3 aromatic carbocycles. The number of nitrogens with two attached hydrogens (primary N) is 1. The molecule has 0 amide bonds. The largest absolute Gasteiger partial charge is 0.454 e. The number of hydrogen-bond donors (Lipinski definition) is 1. The zero-order valence-corrected chi connectivity index (χ0v) is 18.5. The van der Waals surface area contributed by atoms with Crippen molar-refractivity contribution in [1.82, 2.24) is 14.5 Å². The van der Waals surface area contributed by atoms with E-state index in [-0.39, 0.29) is 6.79 Å². The standard InChI is InChI=1S/C26H21ClN4O2/c27-21-12-19(6-3-16(21)2-1-9-28)31-14-30-23-13-29-22-7-4-17(10-20(22)26(23)31)18-5-8-24-25(11-18)33-15-32-24/h3-8,10-14H,1-2,9,15,28H2. The van der Waals surface area contributed by atoms with Gasteiger partial charge in [0, 0.05) is 16.1 Å². The van der Waals surface area contributed by atoms with Crippen molar-refractivity contribution in [3.63, 3.8) is 0 Å². The number of imidazole rings is 1. The Hall–Kier alpha value is -3.61. The van der Waals surface area contributed by atoms with Gasteiger partial charge in [0.2, 0.25) is 6.79 Å².